The fourth-order valence-corrected chi connectivity index (χ4v) is 0.839. The van der Waals surface area contributed by atoms with Crippen molar-refractivity contribution in [1.29, 1.82) is 0 Å². The van der Waals surface area contributed by atoms with Crippen LogP contribution in [0.1, 0.15) is 41.0 Å². The summed E-state index contributed by atoms with van der Waals surface area (Å²) in [5.74, 6) is 0.256. The van der Waals surface area contributed by atoms with Gasteiger partial charge in [0, 0.05) is 0 Å². The molecule has 0 radical (unpaired) electrons. The van der Waals surface area contributed by atoms with E-state index in [4.69, 9.17) is 10.5 Å². The molecule has 3 heteroatoms. The molecule has 0 heterocycles. The van der Waals surface area contributed by atoms with E-state index < -0.39 is 6.04 Å². The molecule has 0 spiro atoms. The Labute approximate surface area is 87.0 Å². The predicted molar refractivity (Wildman–Crippen MR) is 57.8 cm³/mol. The average Bonchev–Trinajstić information content (AvgIpc) is 2.00. The summed E-state index contributed by atoms with van der Waals surface area (Å²) < 4.78 is 5.08. The number of nitrogens with two attached hydrogens (primary N) is 1. The fourth-order valence-electron chi connectivity index (χ4n) is 0.839. The summed E-state index contributed by atoms with van der Waals surface area (Å²) in [4.78, 5) is 11.4. The molecule has 0 aliphatic heterocycles. The van der Waals surface area contributed by atoms with Gasteiger partial charge in [0.25, 0.3) is 0 Å². The molecule has 84 valence electrons. The van der Waals surface area contributed by atoms with Crippen LogP contribution in [0, 0.1) is 11.3 Å². The highest BCUT2D eigenvalue weighted by Crippen LogP contribution is 2.18. The number of hydrogen-bond donors (Lipinski definition) is 1. The van der Waals surface area contributed by atoms with E-state index in [0.29, 0.717) is 12.5 Å². The van der Waals surface area contributed by atoms with Gasteiger partial charge in [-0.2, -0.15) is 0 Å². The van der Waals surface area contributed by atoms with Gasteiger partial charge in [0.2, 0.25) is 0 Å². The average molecular weight is 201 g/mol. The lowest BCUT2D eigenvalue weighted by atomic mass is 9.87. The molecule has 0 bridgehead atoms. The Bertz CT molecular complexity index is 182. The second kappa shape index (κ2) is 5.35. The van der Waals surface area contributed by atoms with E-state index in [2.05, 4.69) is 13.8 Å². The summed E-state index contributed by atoms with van der Waals surface area (Å²) in [6.07, 6.45) is 0.891. The van der Waals surface area contributed by atoms with Gasteiger partial charge in [-0.3, -0.25) is 4.79 Å². The highest BCUT2D eigenvalue weighted by atomic mass is 16.5. The minimum absolute atomic E-state index is 0.227. The molecule has 2 N–H and O–H groups in total. The number of esters is 1. The van der Waals surface area contributed by atoms with Crippen molar-refractivity contribution in [3.05, 3.63) is 0 Å². The van der Waals surface area contributed by atoms with Crippen molar-refractivity contribution in [2.75, 3.05) is 6.61 Å². The number of ether oxygens (including phenoxy) is 1. The fraction of sp³-hybridized carbons (Fsp3) is 0.909. The topological polar surface area (TPSA) is 52.3 Å². The van der Waals surface area contributed by atoms with Crippen molar-refractivity contribution < 1.29 is 9.53 Å². The summed E-state index contributed by atoms with van der Waals surface area (Å²) >= 11 is 0. The molecule has 0 saturated heterocycles. The molecule has 0 saturated carbocycles. The number of rotatable bonds is 4. The van der Waals surface area contributed by atoms with Crippen LogP contribution in [0.3, 0.4) is 0 Å². The zero-order valence-electron chi connectivity index (χ0n) is 9.96. The smallest absolute Gasteiger partial charge is 0.323 e. The molecular weight excluding hydrogens is 178 g/mol. The third kappa shape index (κ3) is 5.22. The number of carbonyl (C=O) groups is 1. The summed E-state index contributed by atoms with van der Waals surface area (Å²) in [7, 11) is 0. The van der Waals surface area contributed by atoms with Crippen LogP contribution in [0.15, 0.2) is 0 Å². The highest BCUT2D eigenvalue weighted by molar-refractivity contribution is 5.76. The third-order valence-corrected chi connectivity index (χ3v) is 2.13. The van der Waals surface area contributed by atoms with Crippen molar-refractivity contribution >= 4 is 5.97 Å². The van der Waals surface area contributed by atoms with Crippen LogP contribution in [0.25, 0.3) is 0 Å². The van der Waals surface area contributed by atoms with E-state index in [9.17, 15) is 4.79 Å². The van der Waals surface area contributed by atoms with E-state index in [1.165, 1.54) is 0 Å². The van der Waals surface area contributed by atoms with Crippen molar-refractivity contribution in [1.82, 2.24) is 0 Å². The molecule has 0 fully saturated rings. The highest BCUT2D eigenvalue weighted by Gasteiger charge is 2.28. The third-order valence-electron chi connectivity index (χ3n) is 2.13. The molecule has 0 aromatic carbocycles. The maximum Gasteiger partial charge on any atom is 0.323 e. The largest absolute Gasteiger partial charge is 0.465 e. The molecule has 0 aliphatic rings. The summed E-state index contributed by atoms with van der Waals surface area (Å²) in [5, 5.41) is 0. The predicted octanol–water partition coefficient (Wildman–Crippen LogP) is 1.95. The Morgan fingerprint density at radius 2 is 1.86 bits per heavy atom. The van der Waals surface area contributed by atoms with E-state index in [1.807, 2.05) is 20.8 Å². The molecule has 14 heavy (non-hydrogen) atoms. The van der Waals surface area contributed by atoms with Crippen molar-refractivity contribution in [3.63, 3.8) is 0 Å². The summed E-state index contributed by atoms with van der Waals surface area (Å²) in [6.45, 7) is 10.5. The molecule has 0 aromatic heterocycles. The first-order valence-corrected chi connectivity index (χ1v) is 5.17. The molecule has 0 rings (SSSR count). The van der Waals surface area contributed by atoms with E-state index >= 15 is 0 Å². The van der Waals surface area contributed by atoms with Gasteiger partial charge in [0.15, 0.2) is 0 Å². The van der Waals surface area contributed by atoms with E-state index in [1.54, 1.807) is 0 Å². The maximum atomic E-state index is 11.4. The Kier molecular flexibility index (Phi) is 5.13. The van der Waals surface area contributed by atoms with Crippen LogP contribution in [0.5, 0.6) is 0 Å². The van der Waals surface area contributed by atoms with Crippen molar-refractivity contribution in [2.45, 2.75) is 47.1 Å². The van der Waals surface area contributed by atoms with Gasteiger partial charge in [-0.25, -0.2) is 0 Å². The Morgan fingerprint density at radius 1 is 1.36 bits per heavy atom. The lowest BCUT2D eigenvalue weighted by Crippen LogP contribution is -2.43. The van der Waals surface area contributed by atoms with E-state index in [0.717, 1.165) is 6.42 Å². The Morgan fingerprint density at radius 3 is 2.21 bits per heavy atom. The zero-order chi connectivity index (χ0) is 11.4. The molecule has 1 unspecified atom stereocenters. The zero-order valence-corrected chi connectivity index (χ0v) is 9.96. The SMILES string of the molecule is CC(C)CCOC(=O)C(N)C(C)(C)C. The Hall–Kier alpha value is -0.570. The standard InChI is InChI=1S/C11H23NO2/c1-8(2)6-7-14-10(13)9(12)11(3,4)5/h8-9H,6-7,12H2,1-5H3. The van der Waals surface area contributed by atoms with Gasteiger partial charge < -0.3 is 10.5 Å². The van der Waals surface area contributed by atoms with E-state index in [-0.39, 0.29) is 11.4 Å². The second-order valence-electron chi connectivity index (χ2n) is 5.19. The lowest BCUT2D eigenvalue weighted by Gasteiger charge is -2.25. The second-order valence-corrected chi connectivity index (χ2v) is 5.19. The molecule has 0 aromatic rings. The molecule has 0 amide bonds. The van der Waals surface area contributed by atoms with Crippen LogP contribution in [-0.2, 0) is 9.53 Å². The maximum absolute atomic E-state index is 11.4. The van der Waals surface area contributed by atoms with Gasteiger partial charge in [-0.1, -0.05) is 34.6 Å². The van der Waals surface area contributed by atoms with Crippen LogP contribution in [-0.4, -0.2) is 18.6 Å². The number of carbonyl (C=O) groups excluding carboxylic acids is 1. The lowest BCUT2D eigenvalue weighted by molar-refractivity contribution is -0.148. The van der Waals surface area contributed by atoms with Crippen LogP contribution < -0.4 is 5.73 Å². The Balaban J connectivity index is 3.86. The molecule has 3 nitrogen and oxygen atoms in total. The first-order valence-electron chi connectivity index (χ1n) is 5.17. The quantitative estimate of drug-likeness (QED) is 0.707. The minimum Gasteiger partial charge on any atom is -0.465 e. The van der Waals surface area contributed by atoms with Gasteiger partial charge in [-0.05, 0) is 17.8 Å². The molecular formula is C11H23NO2. The first kappa shape index (κ1) is 13.4. The summed E-state index contributed by atoms with van der Waals surface area (Å²) in [6, 6.07) is -0.533. The monoisotopic (exact) mass is 201 g/mol. The normalized spacial score (nSPS) is 14.2. The van der Waals surface area contributed by atoms with Gasteiger partial charge in [0.1, 0.15) is 6.04 Å². The van der Waals surface area contributed by atoms with Gasteiger partial charge in [-0.15, -0.1) is 0 Å². The van der Waals surface area contributed by atoms with Crippen molar-refractivity contribution in [2.24, 2.45) is 17.1 Å². The number of hydrogen-bond acceptors (Lipinski definition) is 3. The first-order chi connectivity index (χ1) is 6.25. The van der Waals surface area contributed by atoms with Crippen LogP contribution in [0.4, 0.5) is 0 Å². The summed E-state index contributed by atoms with van der Waals surface area (Å²) in [5.41, 5.74) is 5.51. The van der Waals surface area contributed by atoms with Crippen LogP contribution >= 0.6 is 0 Å². The molecule has 1 atom stereocenters. The van der Waals surface area contributed by atoms with Crippen LogP contribution in [0.2, 0.25) is 0 Å². The van der Waals surface area contributed by atoms with Crippen molar-refractivity contribution in [3.8, 4) is 0 Å². The minimum atomic E-state index is -0.533. The van der Waals surface area contributed by atoms with Gasteiger partial charge in [0.05, 0.1) is 6.61 Å². The van der Waals surface area contributed by atoms with Gasteiger partial charge >= 0.3 is 5.97 Å². The molecule has 0 aliphatic carbocycles.